The van der Waals surface area contributed by atoms with Gasteiger partial charge < -0.3 is 24.8 Å². The number of methoxy groups -OCH3 is 2. The monoisotopic (exact) mass is 630 g/mol. The maximum Gasteiger partial charge on any atom is 0.266 e. The molecule has 2 aromatic carbocycles. The third-order valence-corrected chi connectivity index (χ3v) is 7.38. The van der Waals surface area contributed by atoms with Gasteiger partial charge in [-0.1, -0.05) is 23.7 Å². The second-order valence-electron chi connectivity index (χ2n) is 10.5. The predicted molar refractivity (Wildman–Crippen MR) is 175 cm³/mol. The summed E-state index contributed by atoms with van der Waals surface area (Å²) < 4.78 is 18.0. The number of hydrogen-bond acceptors (Lipinski definition) is 9. The number of ether oxygens (including phenoxy) is 3. The molecule has 4 rings (SSSR count). The molecule has 0 bridgehead atoms. The van der Waals surface area contributed by atoms with Crippen molar-refractivity contribution >= 4 is 40.2 Å². The van der Waals surface area contributed by atoms with Crippen molar-refractivity contribution in [1.82, 2.24) is 14.5 Å². The summed E-state index contributed by atoms with van der Waals surface area (Å²) >= 11 is 6.68. The van der Waals surface area contributed by atoms with Crippen molar-refractivity contribution in [2.75, 3.05) is 38.5 Å². The van der Waals surface area contributed by atoms with Gasteiger partial charge in [0.15, 0.2) is 0 Å². The van der Waals surface area contributed by atoms with Crippen molar-refractivity contribution in [3.63, 3.8) is 0 Å². The molecule has 2 N–H and O–H groups in total. The number of amides is 1. The highest BCUT2D eigenvalue weighted by Crippen LogP contribution is 2.38. The van der Waals surface area contributed by atoms with Crippen LogP contribution in [0.2, 0.25) is 5.02 Å². The van der Waals surface area contributed by atoms with E-state index in [2.05, 4.69) is 20.6 Å². The van der Waals surface area contributed by atoms with E-state index in [4.69, 9.17) is 25.8 Å². The highest BCUT2D eigenvalue weighted by atomic mass is 35.5. The number of carbonyl (C=O) groups is 1. The fourth-order valence-electron chi connectivity index (χ4n) is 4.87. The Balaban J connectivity index is 1.70. The van der Waals surface area contributed by atoms with Crippen LogP contribution in [0.25, 0.3) is 22.2 Å². The standard InChI is InChI=1S/C33H35ClN6O5/c1-7-45-33(2,3)17-22(18-35)30(41)38-23-10-8-9-20(13-23)11-12-40-29-21(19-37-32(36-4)39-29)14-26(31(40)42)25-15-24(43-5)16-27(44-6)28(25)34/h8-10,13-17,19H,7,11-12H2,1-6H3,(H,38,41)(H,36,37,39). The van der Waals surface area contributed by atoms with Gasteiger partial charge >= 0.3 is 0 Å². The Bertz CT molecular complexity index is 1860. The van der Waals surface area contributed by atoms with Crippen LogP contribution in [0.1, 0.15) is 26.3 Å². The van der Waals surface area contributed by atoms with Gasteiger partial charge in [0.2, 0.25) is 5.95 Å². The topological polar surface area (TPSA) is 140 Å². The van der Waals surface area contributed by atoms with Crippen molar-refractivity contribution in [3.05, 3.63) is 81.3 Å². The molecule has 4 aromatic rings. The molecule has 0 atom stereocenters. The molecule has 0 fully saturated rings. The van der Waals surface area contributed by atoms with Crippen molar-refractivity contribution in [2.24, 2.45) is 0 Å². The second kappa shape index (κ2) is 14.2. The van der Waals surface area contributed by atoms with Gasteiger partial charge in [-0.3, -0.25) is 14.2 Å². The minimum atomic E-state index is -0.777. The lowest BCUT2D eigenvalue weighted by Crippen LogP contribution is -2.25. The molecule has 2 heterocycles. The minimum Gasteiger partial charge on any atom is -0.497 e. The first kappa shape index (κ1) is 33.0. The highest BCUT2D eigenvalue weighted by molar-refractivity contribution is 6.35. The number of aryl methyl sites for hydroxylation is 2. The van der Waals surface area contributed by atoms with Crippen LogP contribution in [0.4, 0.5) is 11.6 Å². The number of fused-ring (bicyclic) bond motifs is 1. The number of carbonyl (C=O) groups excluding carboxylic acids is 1. The van der Waals surface area contributed by atoms with Gasteiger partial charge in [0, 0.05) is 54.7 Å². The van der Waals surface area contributed by atoms with Crippen LogP contribution in [-0.2, 0) is 22.5 Å². The Labute approximate surface area is 266 Å². The summed E-state index contributed by atoms with van der Waals surface area (Å²) in [7, 11) is 4.71. The molecule has 2 aromatic heterocycles. The molecule has 0 spiro atoms. The van der Waals surface area contributed by atoms with E-state index in [0.29, 0.717) is 58.3 Å². The highest BCUT2D eigenvalue weighted by Gasteiger charge is 2.21. The Hall–Kier alpha value is -4.92. The first-order valence-electron chi connectivity index (χ1n) is 14.2. The smallest absolute Gasteiger partial charge is 0.266 e. The quantitative estimate of drug-likeness (QED) is 0.151. The first-order valence-corrected chi connectivity index (χ1v) is 14.6. The molecule has 0 aliphatic heterocycles. The van der Waals surface area contributed by atoms with Crippen LogP contribution in [-0.4, -0.2) is 53.9 Å². The zero-order chi connectivity index (χ0) is 32.7. The van der Waals surface area contributed by atoms with E-state index < -0.39 is 11.5 Å². The number of anilines is 2. The molecule has 12 heteroatoms. The molecule has 0 unspecified atom stereocenters. The number of halogens is 1. The van der Waals surface area contributed by atoms with E-state index >= 15 is 0 Å². The Morgan fingerprint density at radius 3 is 2.60 bits per heavy atom. The maximum atomic E-state index is 14.1. The number of pyridine rings is 1. The SMILES string of the molecule is CCOC(C)(C)C=C(C#N)C(=O)Nc1cccc(CCn2c(=O)c(-c3cc(OC)cc(OC)c3Cl)cc3cnc(NC)nc32)c1. The molecule has 0 aliphatic rings. The second-order valence-corrected chi connectivity index (χ2v) is 10.9. The van der Waals surface area contributed by atoms with Gasteiger partial charge in [0.1, 0.15) is 28.8 Å². The number of nitriles is 1. The third-order valence-electron chi connectivity index (χ3n) is 6.99. The van der Waals surface area contributed by atoms with E-state index in [-0.39, 0.29) is 22.7 Å². The summed E-state index contributed by atoms with van der Waals surface area (Å²) in [5, 5.41) is 16.2. The predicted octanol–water partition coefficient (Wildman–Crippen LogP) is 5.62. The molecule has 0 aliphatic carbocycles. The molecule has 11 nitrogen and oxygen atoms in total. The summed E-state index contributed by atoms with van der Waals surface area (Å²) in [6.07, 6.45) is 3.57. The zero-order valence-corrected chi connectivity index (χ0v) is 26.8. The Morgan fingerprint density at radius 2 is 1.93 bits per heavy atom. The van der Waals surface area contributed by atoms with Crippen LogP contribution in [0, 0.1) is 11.3 Å². The molecule has 0 saturated carbocycles. The van der Waals surface area contributed by atoms with Gasteiger partial charge in [-0.15, -0.1) is 0 Å². The van der Waals surface area contributed by atoms with E-state index in [1.165, 1.54) is 20.3 Å². The molecule has 1 amide bonds. The first-order chi connectivity index (χ1) is 21.5. The lowest BCUT2D eigenvalue weighted by atomic mass is 10.0. The largest absolute Gasteiger partial charge is 0.497 e. The van der Waals surface area contributed by atoms with E-state index in [9.17, 15) is 14.9 Å². The van der Waals surface area contributed by atoms with Crippen LogP contribution in [0.5, 0.6) is 11.5 Å². The van der Waals surface area contributed by atoms with E-state index in [1.54, 1.807) is 68.1 Å². The van der Waals surface area contributed by atoms with Gasteiger partial charge in [0.05, 0.1) is 24.8 Å². The number of aromatic nitrogens is 3. The average Bonchev–Trinajstić information content (AvgIpc) is 3.03. The van der Waals surface area contributed by atoms with Gasteiger partial charge in [-0.05, 0) is 63.1 Å². The molecule has 0 saturated heterocycles. The van der Waals surface area contributed by atoms with Crippen LogP contribution < -0.4 is 25.7 Å². The minimum absolute atomic E-state index is 0.0541. The van der Waals surface area contributed by atoms with Crippen molar-refractivity contribution < 1.29 is 19.0 Å². The fourth-order valence-corrected chi connectivity index (χ4v) is 5.16. The summed E-state index contributed by atoms with van der Waals surface area (Å²) in [6.45, 7) is 6.11. The van der Waals surface area contributed by atoms with E-state index in [0.717, 1.165) is 5.56 Å². The molecule has 0 radical (unpaired) electrons. The third kappa shape index (κ3) is 7.60. The molecule has 45 heavy (non-hydrogen) atoms. The number of nitrogens with one attached hydrogen (secondary N) is 2. The fraction of sp³-hybridized carbons (Fsp3) is 0.303. The summed E-state index contributed by atoms with van der Waals surface area (Å²) in [5.74, 6) is 0.671. The van der Waals surface area contributed by atoms with Gasteiger partial charge in [-0.2, -0.15) is 10.2 Å². The normalized spacial score (nSPS) is 11.6. The van der Waals surface area contributed by atoms with Gasteiger partial charge in [-0.25, -0.2) is 4.98 Å². The summed E-state index contributed by atoms with van der Waals surface area (Å²) in [5.41, 5.74) is 1.43. The number of benzene rings is 2. The molecular formula is C33H35ClN6O5. The van der Waals surface area contributed by atoms with Gasteiger partial charge in [0.25, 0.3) is 11.5 Å². The van der Waals surface area contributed by atoms with Crippen molar-refractivity contribution in [2.45, 2.75) is 39.3 Å². The zero-order valence-electron chi connectivity index (χ0n) is 26.0. The van der Waals surface area contributed by atoms with Crippen molar-refractivity contribution in [1.29, 1.82) is 5.26 Å². The Morgan fingerprint density at radius 1 is 1.16 bits per heavy atom. The van der Waals surface area contributed by atoms with Crippen LogP contribution in [0.15, 0.2) is 65.1 Å². The maximum absolute atomic E-state index is 14.1. The summed E-state index contributed by atoms with van der Waals surface area (Å²) in [6, 6.07) is 14.2. The number of rotatable bonds is 12. The lowest BCUT2D eigenvalue weighted by molar-refractivity contribution is -0.112. The summed E-state index contributed by atoms with van der Waals surface area (Å²) in [4.78, 5) is 35.9. The Kier molecular flexibility index (Phi) is 10.4. The van der Waals surface area contributed by atoms with Crippen LogP contribution >= 0.6 is 11.6 Å². The van der Waals surface area contributed by atoms with E-state index in [1.807, 2.05) is 19.1 Å². The number of nitrogens with zero attached hydrogens (tertiary/aromatic N) is 4. The lowest BCUT2D eigenvalue weighted by Gasteiger charge is -2.20. The van der Waals surface area contributed by atoms with Crippen LogP contribution in [0.3, 0.4) is 0 Å². The van der Waals surface area contributed by atoms with Crippen molar-refractivity contribution in [3.8, 4) is 28.7 Å². The number of hydrogen-bond donors (Lipinski definition) is 2. The molecular weight excluding hydrogens is 596 g/mol. The average molecular weight is 631 g/mol. The molecule has 234 valence electrons.